The molecule has 2 aromatic carbocycles. The van der Waals surface area contributed by atoms with Gasteiger partial charge in [0, 0.05) is 13.1 Å². The number of fused-ring (bicyclic) bond motifs is 1. The van der Waals surface area contributed by atoms with E-state index >= 15 is 0 Å². The Morgan fingerprint density at radius 3 is 2.46 bits per heavy atom. The van der Waals surface area contributed by atoms with Crippen molar-refractivity contribution in [3.05, 3.63) is 42.2 Å². The van der Waals surface area contributed by atoms with Gasteiger partial charge in [0.05, 0.1) is 6.61 Å². The van der Waals surface area contributed by atoms with Gasteiger partial charge in [-0.3, -0.25) is 4.79 Å². The summed E-state index contributed by atoms with van der Waals surface area (Å²) in [6.45, 7) is 6.50. The summed E-state index contributed by atoms with van der Waals surface area (Å²) in [6, 6.07) is 9.30. The van der Waals surface area contributed by atoms with Gasteiger partial charge < -0.3 is 24.4 Å². The molecule has 0 aliphatic carbocycles. The molecular weight excluding hydrogens is 503 g/mol. The Labute approximate surface area is 215 Å². The topological polar surface area (TPSA) is 111 Å². The predicted molar refractivity (Wildman–Crippen MR) is 134 cm³/mol. The van der Waals surface area contributed by atoms with Crippen LogP contribution in [-0.4, -0.2) is 63.1 Å². The summed E-state index contributed by atoms with van der Waals surface area (Å²) in [7, 11) is -3.42. The number of sulfone groups is 1. The number of ether oxygens (including phenoxy) is 3. The summed E-state index contributed by atoms with van der Waals surface area (Å²) in [6.07, 6.45) is 0.779. The number of nitrogens with zero attached hydrogens (tertiary/aromatic N) is 1. The number of carbonyl (C=O) groups excluding carboxylic acids is 2. The van der Waals surface area contributed by atoms with E-state index in [9.17, 15) is 22.4 Å². The summed E-state index contributed by atoms with van der Waals surface area (Å²) in [4.78, 5) is 25.9. The van der Waals surface area contributed by atoms with Gasteiger partial charge in [-0.15, -0.1) is 0 Å². The number of hydrogen-bond acceptors (Lipinski definition) is 7. The van der Waals surface area contributed by atoms with Gasteiger partial charge in [0.2, 0.25) is 15.7 Å². The molecule has 0 spiro atoms. The van der Waals surface area contributed by atoms with Gasteiger partial charge in [-0.05, 0) is 74.9 Å². The lowest BCUT2D eigenvalue weighted by Crippen LogP contribution is -2.45. The molecule has 0 unspecified atom stereocenters. The standard InChI is InChI=1S/C26H31FN2O7S/c1-26(2,3)36-25(31)28-14-24(30)29-10-8-17(9-11-29)15-34-21-6-4-18(12-20(21)27)19-5-7-23-22(13-19)35-16-37(23,32)33/h4-7,12-13,17H,8-11,14-16H2,1-3H3,(H,28,31). The zero-order valence-corrected chi connectivity index (χ0v) is 21.9. The largest absolute Gasteiger partial charge is 0.490 e. The van der Waals surface area contributed by atoms with Crippen molar-refractivity contribution in [2.45, 2.75) is 44.1 Å². The number of nitrogens with one attached hydrogen (secondary N) is 1. The highest BCUT2D eigenvalue weighted by Gasteiger charge is 2.28. The van der Waals surface area contributed by atoms with Gasteiger partial charge in [0.1, 0.15) is 22.8 Å². The maximum Gasteiger partial charge on any atom is 0.408 e. The van der Waals surface area contributed by atoms with E-state index in [2.05, 4.69) is 5.32 Å². The molecule has 1 saturated heterocycles. The second-order valence-electron chi connectivity index (χ2n) is 10.2. The van der Waals surface area contributed by atoms with Crippen LogP contribution in [0.2, 0.25) is 0 Å². The van der Waals surface area contributed by atoms with Gasteiger partial charge in [-0.1, -0.05) is 12.1 Å². The summed E-state index contributed by atoms with van der Waals surface area (Å²) < 4.78 is 54.7. The molecule has 0 radical (unpaired) electrons. The van der Waals surface area contributed by atoms with E-state index in [0.29, 0.717) is 43.7 Å². The van der Waals surface area contributed by atoms with Gasteiger partial charge in [0.15, 0.2) is 17.5 Å². The lowest BCUT2D eigenvalue weighted by molar-refractivity contribution is -0.131. The van der Waals surface area contributed by atoms with Crippen LogP contribution in [0.15, 0.2) is 41.3 Å². The van der Waals surface area contributed by atoms with Crippen LogP contribution in [0.25, 0.3) is 11.1 Å². The van der Waals surface area contributed by atoms with Crippen LogP contribution in [0.1, 0.15) is 33.6 Å². The first-order valence-electron chi connectivity index (χ1n) is 12.1. The fraction of sp³-hybridized carbons (Fsp3) is 0.462. The van der Waals surface area contributed by atoms with E-state index in [1.54, 1.807) is 49.9 Å². The quantitative estimate of drug-likeness (QED) is 0.601. The highest BCUT2D eigenvalue weighted by Crippen LogP contribution is 2.36. The van der Waals surface area contributed by atoms with Crippen molar-refractivity contribution in [3.8, 4) is 22.6 Å². The highest BCUT2D eigenvalue weighted by molar-refractivity contribution is 7.91. The molecule has 9 nitrogen and oxygen atoms in total. The number of halogens is 1. The first kappa shape index (κ1) is 26.7. The van der Waals surface area contributed by atoms with Crippen LogP contribution in [0.5, 0.6) is 11.5 Å². The molecule has 11 heteroatoms. The number of rotatable bonds is 6. The molecule has 2 aliphatic rings. The van der Waals surface area contributed by atoms with Gasteiger partial charge in [0.25, 0.3) is 0 Å². The molecule has 37 heavy (non-hydrogen) atoms. The van der Waals surface area contributed by atoms with E-state index < -0.39 is 27.3 Å². The zero-order chi connectivity index (χ0) is 26.8. The minimum Gasteiger partial charge on any atom is -0.490 e. The van der Waals surface area contributed by atoms with Crippen LogP contribution in [0, 0.1) is 11.7 Å². The monoisotopic (exact) mass is 534 g/mol. The number of hydrogen-bond donors (Lipinski definition) is 1. The maximum absolute atomic E-state index is 14.8. The Morgan fingerprint density at radius 2 is 1.78 bits per heavy atom. The Bertz CT molecular complexity index is 1280. The average Bonchev–Trinajstić information content (AvgIpc) is 3.15. The van der Waals surface area contributed by atoms with E-state index in [4.69, 9.17) is 14.2 Å². The van der Waals surface area contributed by atoms with Crippen LogP contribution < -0.4 is 14.8 Å². The summed E-state index contributed by atoms with van der Waals surface area (Å²) >= 11 is 0. The van der Waals surface area contributed by atoms with Crippen LogP contribution in [0.4, 0.5) is 9.18 Å². The minimum atomic E-state index is -3.42. The smallest absolute Gasteiger partial charge is 0.408 e. The number of amides is 2. The minimum absolute atomic E-state index is 0.125. The number of benzene rings is 2. The van der Waals surface area contributed by atoms with E-state index in [-0.39, 0.29) is 40.7 Å². The number of alkyl carbamates (subject to hydrolysis) is 1. The zero-order valence-electron chi connectivity index (χ0n) is 21.1. The molecule has 4 rings (SSSR count). The maximum atomic E-state index is 14.8. The van der Waals surface area contributed by atoms with Gasteiger partial charge in [-0.25, -0.2) is 17.6 Å². The third kappa shape index (κ3) is 6.71. The van der Waals surface area contributed by atoms with Crippen LogP contribution >= 0.6 is 0 Å². The molecule has 200 valence electrons. The Balaban J connectivity index is 1.25. The third-order valence-electron chi connectivity index (χ3n) is 6.14. The van der Waals surface area contributed by atoms with Crippen molar-refractivity contribution < 1.29 is 36.6 Å². The molecule has 1 fully saturated rings. The Kier molecular flexibility index (Phi) is 7.63. The first-order valence-corrected chi connectivity index (χ1v) is 13.7. The molecule has 2 aliphatic heterocycles. The summed E-state index contributed by atoms with van der Waals surface area (Å²) in [5.41, 5.74) is 0.583. The molecule has 2 amide bonds. The SMILES string of the molecule is CC(C)(C)OC(=O)NCC(=O)N1CCC(COc2ccc(-c3ccc4c(c3)OCS4(=O)=O)cc2F)CC1. The third-order valence-corrected chi connectivity index (χ3v) is 7.57. The average molecular weight is 535 g/mol. The normalized spacial score (nSPS) is 17.0. The summed E-state index contributed by atoms with van der Waals surface area (Å²) in [5.74, 6) is -0.526. The number of carbonyl (C=O) groups is 2. The summed E-state index contributed by atoms with van der Waals surface area (Å²) in [5, 5.41) is 2.48. The van der Waals surface area contributed by atoms with Crippen molar-refractivity contribution in [2.24, 2.45) is 5.92 Å². The first-order chi connectivity index (χ1) is 17.4. The second-order valence-corrected chi connectivity index (χ2v) is 12.1. The number of likely N-dealkylation sites (tertiary alicyclic amines) is 1. The molecule has 0 saturated carbocycles. The molecule has 1 N–H and O–H groups in total. The van der Waals surface area contributed by atoms with Crippen molar-refractivity contribution in [1.29, 1.82) is 0 Å². The second kappa shape index (κ2) is 10.6. The van der Waals surface area contributed by atoms with Crippen LogP contribution in [0.3, 0.4) is 0 Å². The Morgan fingerprint density at radius 1 is 1.11 bits per heavy atom. The highest BCUT2D eigenvalue weighted by atomic mass is 32.2. The van der Waals surface area contributed by atoms with Crippen molar-refractivity contribution in [1.82, 2.24) is 10.2 Å². The van der Waals surface area contributed by atoms with Gasteiger partial charge in [-0.2, -0.15) is 0 Å². The molecule has 0 bridgehead atoms. The fourth-order valence-corrected chi connectivity index (χ4v) is 5.30. The molecule has 2 aromatic rings. The molecule has 0 atom stereocenters. The van der Waals surface area contributed by atoms with E-state index in [0.717, 1.165) is 0 Å². The number of piperidine rings is 1. The Hall–Kier alpha value is -3.34. The van der Waals surface area contributed by atoms with Crippen molar-refractivity contribution in [2.75, 3.05) is 32.2 Å². The van der Waals surface area contributed by atoms with Crippen molar-refractivity contribution in [3.63, 3.8) is 0 Å². The van der Waals surface area contributed by atoms with E-state index in [1.807, 2.05) is 0 Å². The van der Waals surface area contributed by atoms with Crippen molar-refractivity contribution >= 4 is 21.8 Å². The lowest BCUT2D eigenvalue weighted by Gasteiger charge is -2.32. The predicted octanol–water partition coefficient (Wildman–Crippen LogP) is 3.76. The van der Waals surface area contributed by atoms with Gasteiger partial charge >= 0.3 is 6.09 Å². The lowest BCUT2D eigenvalue weighted by atomic mass is 9.97. The molecule has 0 aromatic heterocycles. The molecule has 2 heterocycles. The van der Waals surface area contributed by atoms with Crippen LogP contribution in [-0.2, 0) is 19.4 Å². The molecular formula is C26H31FN2O7S. The van der Waals surface area contributed by atoms with E-state index in [1.165, 1.54) is 12.1 Å². The fourth-order valence-electron chi connectivity index (χ4n) is 4.19.